The predicted octanol–water partition coefficient (Wildman–Crippen LogP) is 0.450. The third kappa shape index (κ3) is 3.48. The molecule has 1 amide bonds. The van der Waals surface area contributed by atoms with Crippen molar-refractivity contribution >= 4 is 11.7 Å². The monoisotopic (exact) mass is 277 g/mol. The van der Waals surface area contributed by atoms with Gasteiger partial charge in [0.15, 0.2) is 5.84 Å². The van der Waals surface area contributed by atoms with Crippen LogP contribution in [0.5, 0.6) is 0 Å². The summed E-state index contributed by atoms with van der Waals surface area (Å²) in [6, 6.07) is 9.55. The van der Waals surface area contributed by atoms with Gasteiger partial charge in [0.25, 0.3) is 0 Å². The second-order valence-electron chi connectivity index (χ2n) is 4.70. The highest BCUT2D eigenvalue weighted by molar-refractivity contribution is 6.02. The quantitative estimate of drug-likeness (QED) is 0.362. The first kappa shape index (κ1) is 14.3. The largest absolute Gasteiger partial charge is 0.409 e. The number of amidine groups is 1. The van der Waals surface area contributed by atoms with Gasteiger partial charge in [0, 0.05) is 13.1 Å². The molecular formula is C14H19N3O3. The first-order valence-electron chi connectivity index (χ1n) is 6.60. The average Bonchev–Trinajstić information content (AvgIpc) is 2.53. The van der Waals surface area contributed by atoms with E-state index >= 15 is 0 Å². The van der Waals surface area contributed by atoms with Crippen molar-refractivity contribution in [3.8, 4) is 0 Å². The number of nitrogens with two attached hydrogens (primary N) is 1. The number of hydrogen-bond donors (Lipinski definition) is 2. The number of carbonyl (C=O) groups excluding carboxylic acids is 1. The first-order chi connectivity index (χ1) is 9.72. The first-order valence-corrected chi connectivity index (χ1v) is 6.60. The standard InChI is InChI=1S/C14H19N3O3/c15-13(16-19)12(10-11-4-2-1-3-5-11)14(18)17-6-8-20-9-7-17/h1-5,12,19H,6-10H2,(H2,15,16). The van der Waals surface area contributed by atoms with Crippen molar-refractivity contribution in [2.24, 2.45) is 16.8 Å². The molecule has 1 atom stereocenters. The highest BCUT2D eigenvalue weighted by Gasteiger charge is 2.29. The Labute approximate surface area is 117 Å². The van der Waals surface area contributed by atoms with Crippen LogP contribution in [0.15, 0.2) is 35.5 Å². The number of benzene rings is 1. The van der Waals surface area contributed by atoms with Gasteiger partial charge >= 0.3 is 0 Å². The van der Waals surface area contributed by atoms with Gasteiger partial charge in [-0.1, -0.05) is 35.5 Å². The topological polar surface area (TPSA) is 88.2 Å². The van der Waals surface area contributed by atoms with Gasteiger partial charge in [-0.25, -0.2) is 0 Å². The van der Waals surface area contributed by atoms with Crippen molar-refractivity contribution in [3.05, 3.63) is 35.9 Å². The minimum Gasteiger partial charge on any atom is -0.409 e. The molecule has 1 saturated heterocycles. The Morgan fingerprint density at radius 2 is 2.00 bits per heavy atom. The Kier molecular flexibility index (Phi) is 4.95. The summed E-state index contributed by atoms with van der Waals surface area (Å²) in [6.45, 7) is 2.14. The predicted molar refractivity (Wildman–Crippen MR) is 74.4 cm³/mol. The zero-order valence-electron chi connectivity index (χ0n) is 11.2. The number of carbonyl (C=O) groups is 1. The molecule has 6 nitrogen and oxygen atoms in total. The van der Waals surface area contributed by atoms with Crippen molar-refractivity contribution in [3.63, 3.8) is 0 Å². The van der Waals surface area contributed by atoms with Crippen LogP contribution in [0.25, 0.3) is 0 Å². The SMILES string of the molecule is NC(=NO)C(Cc1ccccc1)C(=O)N1CCOCC1. The van der Waals surface area contributed by atoms with Crippen LogP contribution in [-0.2, 0) is 16.0 Å². The van der Waals surface area contributed by atoms with Gasteiger partial charge in [-0.3, -0.25) is 4.79 Å². The van der Waals surface area contributed by atoms with Crippen LogP contribution in [0.1, 0.15) is 5.56 Å². The highest BCUT2D eigenvalue weighted by Crippen LogP contribution is 2.13. The van der Waals surface area contributed by atoms with Gasteiger partial charge in [-0.15, -0.1) is 0 Å². The van der Waals surface area contributed by atoms with Crippen LogP contribution in [0, 0.1) is 5.92 Å². The lowest BCUT2D eigenvalue weighted by Crippen LogP contribution is -2.47. The fourth-order valence-electron chi connectivity index (χ4n) is 2.24. The van der Waals surface area contributed by atoms with Gasteiger partial charge in [-0.2, -0.15) is 0 Å². The molecule has 1 fully saturated rings. The van der Waals surface area contributed by atoms with E-state index in [1.165, 1.54) is 0 Å². The number of morpholine rings is 1. The maximum Gasteiger partial charge on any atom is 0.233 e. The molecule has 1 aromatic carbocycles. The van der Waals surface area contributed by atoms with E-state index in [1.54, 1.807) is 4.90 Å². The highest BCUT2D eigenvalue weighted by atomic mass is 16.5. The lowest BCUT2D eigenvalue weighted by Gasteiger charge is -2.30. The van der Waals surface area contributed by atoms with Gasteiger partial charge in [0.2, 0.25) is 5.91 Å². The van der Waals surface area contributed by atoms with Crippen molar-refractivity contribution in [1.82, 2.24) is 4.90 Å². The van der Waals surface area contributed by atoms with Crippen LogP contribution in [0.2, 0.25) is 0 Å². The van der Waals surface area contributed by atoms with Crippen LogP contribution in [0.4, 0.5) is 0 Å². The fraction of sp³-hybridized carbons (Fsp3) is 0.429. The number of oxime groups is 1. The number of ether oxygens (including phenoxy) is 1. The lowest BCUT2D eigenvalue weighted by molar-refractivity contribution is -0.137. The minimum atomic E-state index is -0.638. The summed E-state index contributed by atoms with van der Waals surface area (Å²) in [4.78, 5) is 14.2. The fourth-order valence-corrected chi connectivity index (χ4v) is 2.24. The maximum atomic E-state index is 12.5. The molecule has 6 heteroatoms. The van der Waals surface area contributed by atoms with Crippen molar-refractivity contribution in [1.29, 1.82) is 0 Å². The van der Waals surface area contributed by atoms with Crippen LogP contribution in [-0.4, -0.2) is 48.2 Å². The van der Waals surface area contributed by atoms with Gasteiger partial charge in [0.05, 0.1) is 13.2 Å². The van der Waals surface area contributed by atoms with Gasteiger partial charge < -0.3 is 20.6 Å². The molecule has 0 aromatic heterocycles. The molecule has 0 radical (unpaired) electrons. The molecule has 1 aliphatic heterocycles. The molecule has 1 aliphatic rings. The molecule has 1 heterocycles. The summed E-state index contributed by atoms with van der Waals surface area (Å²) in [5.74, 6) is -0.807. The van der Waals surface area contributed by atoms with Gasteiger partial charge in [0.1, 0.15) is 5.92 Å². The van der Waals surface area contributed by atoms with E-state index in [9.17, 15) is 4.79 Å². The molecule has 0 aliphatic carbocycles. The second-order valence-corrected chi connectivity index (χ2v) is 4.70. The Hall–Kier alpha value is -2.08. The number of rotatable bonds is 4. The van der Waals surface area contributed by atoms with Crippen LogP contribution >= 0.6 is 0 Å². The van der Waals surface area contributed by atoms with E-state index in [2.05, 4.69) is 5.16 Å². The second kappa shape index (κ2) is 6.91. The molecule has 2 rings (SSSR count). The van der Waals surface area contributed by atoms with Crippen LogP contribution < -0.4 is 5.73 Å². The Bertz CT molecular complexity index is 470. The van der Waals surface area contributed by atoms with E-state index < -0.39 is 5.92 Å². The number of nitrogens with zero attached hydrogens (tertiary/aromatic N) is 2. The Balaban J connectivity index is 2.12. The molecule has 1 unspecified atom stereocenters. The minimum absolute atomic E-state index is 0.0506. The molecule has 20 heavy (non-hydrogen) atoms. The van der Waals surface area contributed by atoms with E-state index in [0.29, 0.717) is 32.7 Å². The molecule has 3 N–H and O–H groups in total. The van der Waals surface area contributed by atoms with Crippen LogP contribution in [0.3, 0.4) is 0 Å². The molecule has 0 saturated carbocycles. The zero-order chi connectivity index (χ0) is 14.4. The maximum absolute atomic E-state index is 12.5. The normalized spacial score (nSPS) is 17.8. The number of hydrogen-bond acceptors (Lipinski definition) is 4. The molecule has 0 spiro atoms. The smallest absolute Gasteiger partial charge is 0.233 e. The lowest BCUT2D eigenvalue weighted by atomic mass is 9.96. The van der Waals surface area contributed by atoms with Crippen molar-refractivity contribution in [2.45, 2.75) is 6.42 Å². The molecular weight excluding hydrogens is 258 g/mol. The Morgan fingerprint density at radius 1 is 1.35 bits per heavy atom. The third-order valence-electron chi connectivity index (χ3n) is 3.38. The summed E-state index contributed by atoms with van der Waals surface area (Å²) < 4.78 is 5.23. The summed E-state index contributed by atoms with van der Waals surface area (Å²) in [5.41, 5.74) is 6.67. The van der Waals surface area contributed by atoms with Crippen molar-refractivity contribution in [2.75, 3.05) is 26.3 Å². The molecule has 1 aromatic rings. The Morgan fingerprint density at radius 3 is 2.60 bits per heavy atom. The molecule has 108 valence electrons. The summed E-state index contributed by atoms with van der Waals surface area (Å²) in [5, 5.41) is 11.9. The van der Waals surface area contributed by atoms with E-state index in [4.69, 9.17) is 15.7 Å². The van der Waals surface area contributed by atoms with Gasteiger partial charge in [-0.05, 0) is 12.0 Å². The van der Waals surface area contributed by atoms with E-state index in [1.807, 2.05) is 30.3 Å². The average molecular weight is 277 g/mol. The third-order valence-corrected chi connectivity index (χ3v) is 3.38. The molecule has 0 bridgehead atoms. The number of amides is 1. The van der Waals surface area contributed by atoms with Crippen molar-refractivity contribution < 1.29 is 14.7 Å². The summed E-state index contributed by atoms with van der Waals surface area (Å²) in [6.07, 6.45) is 0.424. The summed E-state index contributed by atoms with van der Waals surface area (Å²) >= 11 is 0. The van der Waals surface area contributed by atoms with E-state index in [-0.39, 0.29) is 11.7 Å². The van der Waals surface area contributed by atoms with E-state index in [0.717, 1.165) is 5.56 Å². The summed E-state index contributed by atoms with van der Waals surface area (Å²) in [7, 11) is 0. The zero-order valence-corrected chi connectivity index (χ0v) is 11.2.